The van der Waals surface area contributed by atoms with Crippen molar-refractivity contribution in [2.45, 2.75) is 32.5 Å². The van der Waals surface area contributed by atoms with Gasteiger partial charge >= 0.3 is 12.3 Å². The Labute approximate surface area is 150 Å². The van der Waals surface area contributed by atoms with Crippen LogP contribution in [-0.4, -0.2) is 23.7 Å². The SMILES string of the molecule is CN(C(=O)OC(C)(C)C)c1sc(-c2cc(F)c[n+]([O-])c2)nc1C(F)(F)F. The van der Waals surface area contributed by atoms with Crippen LogP contribution in [0.3, 0.4) is 0 Å². The van der Waals surface area contributed by atoms with Crippen molar-refractivity contribution in [1.82, 2.24) is 4.98 Å². The fraction of sp³-hybridized carbons (Fsp3) is 0.400. The summed E-state index contributed by atoms with van der Waals surface area (Å²) < 4.78 is 58.5. The van der Waals surface area contributed by atoms with E-state index in [0.29, 0.717) is 22.4 Å². The van der Waals surface area contributed by atoms with Gasteiger partial charge in [-0.2, -0.15) is 17.9 Å². The molecular weight excluding hydrogens is 378 g/mol. The summed E-state index contributed by atoms with van der Waals surface area (Å²) in [6.45, 7) is 4.71. The van der Waals surface area contributed by atoms with E-state index in [9.17, 15) is 27.6 Å². The number of hydrogen-bond acceptors (Lipinski definition) is 5. The molecule has 0 aliphatic rings. The number of alkyl halides is 3. The molecule has 0 fully saturated rings. The molecule has 0 spiro atoms. The summed E-state index contributed by atoms with van der Waals surface area (Å²) in [5.41, 5.74) is -2.37. The van der Waals surface area contributed by atoms with Crippen LogP contribution in [0.2, 0.25) is 0 Å². The molecule has 0 unspecified atom stereocenters. The number of aromatic nitrogens is 2. The first-order valence-corrected chi connectivity index (χ1v) is 8.04. The van der Waals surface area contributed by atoms with Crippen LogP contribution in [0.15, 0.2) is 18.5 Å². The Morgan fingerprint density at radius 3 is 2.42 bits per heavy atom. The summed E-state index contributed by atoms with van der Waals surface area (Å²) in [7, 11) is 1.11. The highest BCUT2D eigenvalue weighted by Crippen LogP contribution is 2.42. The van der Waals surface area contributed by atoms with Gasteiger partial charge in [-0.05, 0) is 26.8 Å². The second kappa shape index (κ2) is 6.71. The van der Waals surface area contributed by atoms with E-state index in [1.54, 1.807) is 20.8 Å². The molecule has 1 amide bonds. The number of carbonyl (C=O) groups is 1. The molecule has 0 radical (unpaired) electrons. The summed E-state index contributed by atoms with van der Waals surface area (Å²) in [6.07, 6.45) is -4.35. The molecule has 0 aliphatic carbocycles. The monoisotopic (exact) mass is 393 g/mol. The maximum atomic E-state index is 13.4. The first kappa shape index (κ1) is 19.9. The number of halogens is 4. The molecule has 2 aromatic heterocycles. The van der Waals surface area contributed by atoms with E-state index in [-0.39, 0.29) is 15.3 Å². The van der Waals surface area contributed by atoms with E-state index >= 15 is 0 Å². The highest BCUT2D eigenvalue weighted by Gasteiger charge is 2.40. The first-order valence-electron chi connectivity index (χ1n) is 7.22. The van der Waals surface area contributed by atoms with Crippen LogP contribution in [0.5, 0.6) is 0 Å². The molecule has 26 heavy (non-hydrogen) atoms. The molecule has 6 nitrogen and oxygen atoms in total. The van der Waals surface area contributed by atoms with Crippen molar-refractivity contribution in [2.75, 3.05) is 11.9 Å². The van der Waals surface area contributed by atoms with E-state index in [2.05, 4.69) is 4.98 Å². The highest BCUT2D eigenvalue weighted by atomic mass is 32.1. The zero-order chi connectivity index (χ0) is 19.9. The van der Waals surface area contributed by atoms with Crippen molar-refractivity contribution in [2.24, 2.45) is 0 Å². The van der Waals surface area contributed by atoms with Gasteiger partial charge in [-0.25, -0.2) is 14.2 Å². The lowest BCUT2D eigenvalue weighted by molar-refractivity contribution is -0.606. The Balaban J connectivity index is 2.52. The van der Waals surface area contributed by atoms with Gasteiger partial charge in [0.15, 0.2) is 17.7 Å². The molecule has 2 rings (SSSR count). The molecule has 0 aromatic carbocycles. The van der Waals surface area contributed by atoms with Crippen molar-refractivity contribution >= 4 is 22.4 Å². The van der Waals surface area contributed by atoms with Crippen LogP contribution in [0.25, 0.3) is 10.6 Å². The van der Waals surface area contributed by atoms with Crippen molar-refractivity contribution in [3.8, 4) is 10.6 Å². The number of nitrogens with zero attached hydrogens (tertiary/aromatic N) is 3. The van der Waals surface area contributed by atoms with Gasteiger partial charge in [-0.15, -0.1) is 0 Å². The number of amides is 1. The minimum absolute atomic E-state index is 0.122. The lowest BCUT2D eigenvalue weighted by Crippen LogP contribution is -2.34. The number of ether oxygens (including phenoxy) is 1. The van der Waals surface area contributed by atoms with Gasteiger partial charge in [-0.1, -0.05) is 11.3 Å². The average molecular weight is 393 g/mol. The van der Waals surface area contributed by atoms with Crippen molar-refractivity contribution in [1.29, 1.82) is 0 Å². The van der Waals surface area contributed by atoms with Crippen LogP contribution in [0.4, 0.5) is 27.4 Å². The Kier molecular flexibility index (Phi) is 5.13. The topological polar surface area (TPSA) is 69.4 Å². The molecule has 0 aliphatic heterocycles. The van der Waals surface area contributed by atoms with E-state index in [1.807, 2.05) is 0 Å². The van der Waals surface area contributed by atoms with Gasteiger partial charge in [0.05, 0.1) is 5.56 Å². The number of hydrogen-bond donors (Lipinski definition) is 0. The highest BCUT2D eigenvalue weighted by molar-refractivity contribution is 7.19. The van der Waals surface area contributed by atoms with Gasteiger partial charge in [0, 0.05) is 7.05 Å². The summed E-state index contributed by atoms with van der Waals surface area (Å²) in [5.74, 6) is -0.927. The van der Waals surface area contributed by atoms with E-state index < -0.39 is 34.4 Å². The van der Waals surface area contributed by atoms with Crippen LogP contribution in [0, 0.1) is 11.0 Å². The van der Waals surface area contributed by atoms with Gasteiger partial charge in [0.25, 0.3) is 0 Å². The van der Waals surface area contributed by atoms with Gasteiger partial charge in [0.2, 0.25) is 6.20 Å². The summed E-state index contributed by atoms with van der Waals surface area (Å²) in [4.78, 5) is 16.2. The molecule has 142 valence electrons. The molecule has 0 bridgehead atoms. The Bertz CT molecular complexity index is 810. The molecule has 0 N–H and O–H groups in total. The molecule has 0 saturated heterocycles. The Hall–Kier alpha value is -2.43. The molecule has 2 aromatic rings. The van der Waals surface area contributed by atoms with Crippen LogP contribution < -0.4 is 9.63 Å². The quantitative estimate of drug-likeness (QED) is 0.440. The normalized spacial score (nSPS) is 12.2. The largest absolute Gasteiger partial charge is 0.619 e. The fourth-order valence-corrected chi connectivity index (χ4v) is 2.92. The van der Waals surface area contributed by atoms with Crippen molar-refractivity contribution in [3.63, 3.8) is 0 Å². The fourth-order valence-electron chi connectivity index (χ4n) is 1.90. The maximum absolute atomic E-state index is 13.4. The third kappa shape index (κ3) is 4.59. The molecular formula is C15H15F4N3O3S. The minimum Gasteiger partial charge on any atom is -0.619 e. The summed E-state index contributed by atoms with van der Waals surface area (Å²) >= 11 is 0.494. The molecule has 0 saturated carbocycles. The van der Waals surface area contributed by atoms with Gasteiger partial charge in [0.1, 0.15) is 15.6 Å². The van der Waals surface area contributed by atoms with E-state index in [1.165, 1.54) is 0 Å². The number of pyridine rings is 1. The first-order chi connectivity index (χ1) is 11.8. The lowest BCUT2D eigenvalue weighted by Gasteiger charge is -2.24. The molecule has 11 heteroatoms. The smallest absolute Gasteiger partial charge is 0.436 e. The lowest BCUT2D eigenvalue weighted by atomic mass is 10.2. The third-order valence-electron chi connectivity index (χ3n) is 2.91. The zero-order valence-corrected chi connectivity index (χ0v) is 15.0. The zero-order valence-electron chi connectivity index (χ0n) is 14.2. The number of carbonyl (C=O) groups excluding carboxylic acids is 1. The predicted octanol–water partition coefficient (Wildman–Crippen LogP) is 3.97. The average Bonchev–Trinajstić information content (AvgIpc) is 2.88. The van der Waals surface area contributed by atoms with Gasteiger partial charge < -0.3 is 9.94 Å². The number of thiazole rings is 1. The number of rotatable bonds is 2. The van der Waals surface area contributed by atoms with Crippen molar-refractivity contribution < 1.29 is 31.8 Å². The summed E-state index contributed by atoms with van der Waals surface area (Å²) in [6, 6.07) is 0.880. The summed E-state index contributed by atoms with van der Waals surface area (Å²) in [5, 5.41) is 10.5. The Morgan fingerprint density at radius 1 is 1.31 bits per heavy atom. The van der Waals surface area contributed by atoms with Crippen molar-refractivity contribution in [3.05, 3.63) is 35.2 Å². The third-order valence-corrected chi connectivity index (χ3v) is 4.09. The van der Waals surface area contributed by atoms with Gasteiger partial charge in [-0.3, -0.25) is 4.90 Å². The minimum atomic E-state index is -4.86. The molecule has 2 heterocycles. The Morgan fingerprint density at radius 2 is 1.92 bits per heavy atom. The standard InChI is InChI=1S/C15H15F4N3O3S/c1-14(2,3)25-13(23)21(4)12-10(15(17,18)19)20-11(26-12)8-5-9(16)7-22(24)6-8/h5-7H,1-4H3. The second-order valence-corrected chi connectivity index (χ2v) is 7.29. The number of anilines is 1. The van der Waals surface area contributed by atoms with Crippen LogP contribution >= 0.6 is 11.3 Å². The van der Waals surface area contributed by atoms with E-state index in [4.69, 9.17) is 4.74 Å². The van der Waals surface area contributed by atoms with Crippen LogP contribution in [0.1, 0.15) is 26.5 Å². The maximum Gasteiger partial charge on any atom is 0.436 e. The predicted molar refractivity (Wildman–Crippen MR) is 86.1 cm³/mol. The van der Waals surface area contributed by atoms with Crippen LogP contribution in [-0.2, 0) is 10.9 Å². The molecule has 0 atom stereocenters. The second-order valence-electron chi connectivity index (χ2n) is 6.31. The van der Waals surface area contributed by atoms with E-state index in [0.717, 1.165) is 19.3 Å².